The fourth-order valence-electron chi connectivity index (χ4n) is 2.61. The highest BCUT2D eigenvalue weighted by Gasteiger charge is 2.33. The van der Waals surface area contributed by atoms with Crippen LogP contribution in [-0.4, -0.2) is 16.0 Å². The highest BCUT2D eigenvalue weighted by Crippen LogP contribution is 2.42. The molecule has 3 rings (SSSR count). The largest absolute Gasteiger partial charge is 0.508 e. The molecule has 0 fully saturated rings. The molecule has 0 aromatic heterocycles. The lowest BCUT2D eigenvalue weighted by molar-refractivity contribution is -0.116. The van der Waals surface area contributed by atoms with E-state index in [9.17, 15) is 15.0 Å². The van der Waals surface area contributed by atoms with E-state index in [0.29, 0.717) is 18.4 Å². The van der Waals surface area contributed by atoms with E-state index >= 15 is 0 Å². The monoisotopic (exact) mass is 246 g/mol. The quantitative estimate of drug-likeness (QED) is 0.799. The third-order valence-electron chi connectivity index (χ3n) is 3.45. The first-order valence-corrected chi connectivity index (χ1v) is 6.08. The third kappa shape index (κ3) is 1.83. The molecular formula is C14H14O4. The molecule has 18 heavy (non-hydrogen) atoms. The van der Waals surface area contributed by atoms with Gasteiger partial charge in [0.05, 0.1) is 0 Å². The van der Waals surface area contributed by atoms with Gasteiger partial charge in [-0.05, 0) is 24.1 Å². The lowest BCUT2D eigenvalue weighted by atomic mass is 9.93. The van der Waals surface area contributed by atoms with Crippen LogP contribution in [0.2, 0.25) is 0 Å². The minimum absolute atomic E-state index is 0.00444. The van der Waals surface area contributed by atoms with Gasteiger partial charge in [-0.3, -0.25) is 4.79 Å². The predicted molar refractivity (Wildman–Crippen MR) is 64.1 cm³/mol. The van der Waals surface area contributed by atoms with Crippen LogP contribution in [-0.2, 0) is 9.53 Å². The van der Waals surface area contributed by atoms with Gasteiger partial charge in [0.2, 0.25) is 0 Å². The van der Waals surface area contributed by atoms with Crippen LogP contribution in [0.4, 0.5) is 0 Å². The van der Waals surface area contributed by atoms with Crippen LogP contribution in [0.3, 0.4) is 0 Å². The highest BCUT2D eigenvalue weighted by atomic mass is 16.5. The fraction of sp³-hybridized carbons (Fsp3) is 0.357. The molecule has 4 heteroatoms. The Morgan fingerprint density at radius 3 is 2.50 bits per heavy atom. The first kappa shape index (κ1) is 11.1. The van der Waals surface area contributed by atoms with Crippen molar-refractivity contribution in [1.29, 1.82) is 0 Å². The zero-order valence-electron chi connectivity index (χ0n) is 9.85. The third-order valence-corrected chi connectivity index (χ3v) is 3.45. The van der Waals surface area contributed by atoms with Gasteiger partial charge in [-0.15, -0.1) is 0 Å². The van der Waals surface area contributed by atoms with Crippen LogP contribution in [0.5, 0.6) is 11.5 Å². The molecule has 2 N–H and O–H groups in total. The Hall–Kier alpha value is -1.97. The molecule has 4 nitrogen and oxygen atoms in total. The van der Waals surface area contributed by atoms with E-state index < -0.39 is 0 Å². The van der Waals surface area contributed by atoms with E-state index in [0.717, 1.165) is 24.2 Å². The summed E-state index contributed by atoms with van der Waals surface area (Å²) in [6.07, 6.45) is 2.52. The molecule has 1 atom stereocenters. The molecule has 0 radical (unpaired) electrons. The van der Waals surface area contributed by atoms with Crippen molar-refractivity contribution < 1.29 is 19.7 Å². The summed E-state index contributed by atoms with van der Waals surface area (Å²) < 4.78 is 5.77. The Kier molecular flexibility index (Phi) is 2.51. The number of carbonyl (C=O) groups excluding carboxylic acids is 1. The minimum atomic E-state index is -0.268. The molecule has 94 valence electrons. The summed E-state index contributed by atoms with van der Waals surface area (Å²) in [5, 5.41) is 18.9. The summed E-state index contributed by atoms with van der Waals surface area (Å²) in [5.41, 5.74) is 1.49. The topological polar surface area (TPSA) is 66.8 Å². The van der Waals surface area contributed by atoms with Crippen molar-refractivity contribution in [1.82, 2.24) is 0 Å². The lowest BCUT2D eigenvalue weighted by Crippen LogP contribution is -2.07. The minimum Gasteiger partial charge on any atom is -0.508 e. The van der Waals surface area contributed by atoms with Crippen molar-refractivity contribution in [2.24, 2.45) is 0 Å². The van der Waals surface area contributed by atoms with Gasteiger partial charge < -0.3 is 14.9 Å². The summed E-state index contributed by atoms with van der Waals surface area (Å²) in [6.45, 7) is 0. The number of allylic oxidation sites excluding steroid dienone is 1. The lowest BCUT2D eigenvalue weighted by Gasteiger charge is -2.14. The van der Waals surface area contributed by atoms with Gasteiger partial charge in [-0.2, -0.15) is 0 Å². The van der Waals surface area contributed by atoms with Crippen molar-refractivity contribution in [2.45, 2.75) is 31.8 Å². The summed E-state index contributed by atoms with van der Waals surface area (Å²) in [6, 6.07) is 4.40. The normalized spacial score (nSPS) is 22.9. The van der Waals surface area contributed by atoms with Crippen LogP contribution in [0, 0.1) is 0 Å². The molecule has 1 unspecified atom stereocenters. The number of aromatic hydroxyl groups is 2. The summed E-state index contributed by atoms with van der Waals surface area (Å²) >= 11 is 0. The van der Waals surface area contributed by atoms with Gasteiger partial charge in [-0.25, -0.2) is 0 Å². The predicted octanol–water partition coefficient (Wildman–Crippen LogP) is 2.57. The molecule has 0 bridgehead atoms. The Labute approximate surface area is 105 Å². The Morgan fingerprint density at radius 2 is 1.83 bits per heavy atom. The second-order valence-electron chi connectivity index (χ2n) is 4.77. The van der Waals surface area contributed by atoms with E-state index in [1.54, 1.807) is 12.1 Å². The van der Waals surface area contributed by atoms with Gasteiger partial charge in [0, 0.05) is 30.9 Å². The number of hydrogen-bond acceptors (Lipinski definition) is 4. The first-order chi connectivity index (χ1) is 8.63. The molecule has 1 aliphatic heterocycles. The molecule has 0 amide bonds. The standard InChI is InChI=1S/C14H14O4/c15-9-4-8(5-10(16)6-9)14-7-11-12(17)2-1-3-13(11)18-14/h4-6,14-16H,1-3,7H2. The van der Waals surface area contributed by atoms with E-state index in [-0.39, 0.29) is 23.4 Å². The summed E-state index contributed by atoms with van der Waals surface area (Å²) in [5.74, 6) is 0.969. The fourth-order valence-corrected chi connectivity index (χ4v) is 2.61. The SMILES string of the molecule is O=C1CCCC2=C1CC(c1cc(O)cc(O)c1)O2. The number of carbonyl (C=O) groups is 1. The smallest absolute Gasteiger partial charge is 0.162 e. The van der Waals surface area contributed by atoms with Gasteiger partial charge in [-0.1, -0.05) is 0 Å². The molecule has 1 heterocycles. The molecule has 2 aliphatic rings. The number of phenols is 2. The van der Waals surface area contributed by atoms with Crippen LogP contribution >= 0.6 is 0 Å². The molecular weight excluding hydrogens is 232 g/mol. The first-order valence-electron chi connectivity index (χ1n) is 6.08. The number of benzene rings is 1. The van der Waals surface area contributed by atoms with Gasteiger partial charge >= 0.3 is 0 Å². The zero-order chi connectivity index (χ0) is 12.7. The van der Waals surface area contributed by atoms with E-state index in [1.165, 1.54) is 6.07 Å². The zero-order valence-corrected chi connectivity index (χ0v) is 9.85. The Bertz CT molecular complexity index is 524. The van der Waals surface area contributed by atoms with Crippen molar-refractivity contribution >= 4 is 5.78 Å². The van der Waals surface area contributed by atoms with E-state index in [1.807, 2.05) is 0 Å². The summed E-state index contributed by atoms with van der Waals surface area (Å²) in [7, 11) is 0. The second-order valence-corrected chi connectivity index (χ2v) is 4.77. The molecule has 1 aromatic carbocycles. The van der Waals surface area contributed by atoms with E-state index in [4.69, 9.17) is 4.74 Å². The van der Waals surface area contributed by atoms with Crippen LogP contribution < -0.4 is 0 Å². The van der Waals surface area contributed by atoms with Crippen molar-refractivity contribution in [3.63, 3.8) is 0 Å². The van der Waals surface area contributed by atoms with Crippen molar-refractivity contribution in [3.8, 4) is 11.5 Å². The molecule has 1 aromatic rings. The van der Waals surface area contributed by atoms with Crippen molar-refractivity contribution in [2.75, 3.05) is 0 Å². The Morgan fingerprint density at radius 1 is 1.11 bits per heavy atom. The molecule has 0 saturated heterocycles. The van der Waals surface area contributed by atoms with Crippen LogP contribution in [0.15, 0.2) is 29.5 Å². The van der Waals surface area contributed by atoms with Crippen molar-refractivity contribution in [3.05, 3.63) is 35.1 Å². The van der Waals surface area contributed by atoms with Gasteiger partial charge in [0.1, 0.15) is 23.4 Å². The number of Topliss-reactive ketones (excluding diaryl/α,β-unsaturated/α-hetero) is 1. The Balaban J connectivity index is 1.87. The van der Waals surface area contributed by atoms with E-state index in [2.05, 4.69) is 0 Å². The molecule has 1 aliphatic carbocycles. The number of rotatable bonds is 1. The maximum absolute atomic E-state index is 11.7. The van der Waals surface area contributed by atoms with Crippen LogP contribution in [0.1, 0.15) is 37.4 Å². The number of hydrogen-bond donors (Lipinski definition) is 2. The number of ketones is 1. The average Bonchev–Trinajstić information content (AvgIpc) is 2.73. The summed E-state index contributed by atoms with van der Waals surface area (Å²) in [4.78, 5) is 11.7. The molecule has 0 saturated carbocycles. The maximum Gasteiger partial charge on any atom is 0.162 e. The number of ether oxygens (including phenoxy) is 1. The highest BCUT2D eigenvalue weighted by molar-refractivity contribution is 5.97. The maximum atomic E-state index is 11.7. The number of phenolic OH excluding ortho intramolecular Hbond substituents is 2. The average molecular weight is 246 g/mol. The van der Waals surface area contributed by atoms with Gasteiger partial charge in [0.25, 0.3) is 0 Å². The molecule has 0 spiro atoms. The second kappa shape index (κ2) is 4.05. The van der Waals surface area contributed by atoms with Gasteiger partial charge in [0.15, 0.2) is 5.78 Å². The van der Waals surface area contributed by atoms with Crippen LogP contribution in [0.25, 0.3) is 0 Å².